The predicted molar refractivity (Wildman–Crippen MR) is 96.5 cm³/mol. The number of nitrogens with zero attached hydrogens (tertiary/aromatic N) is 4. The molecule has 1 fully saturated rings. The van der Waals surface area contributed by atoms with E-state index in [2.05, 4.69) is 39.3 Å². The number of morpholine rings is 1. The first kappa shape index (κ1) is 18.5. The van der Waals surface area contributed by atoms with E-state index in [1.165, 1.54) is 5.56 Å². The topological polar surface area (TPSA) is 71.7 Å². The molecule has 0 bridgehead atoms. The summed E-state index contributed by atoms with van der Waals surface area (Å²) in [7, 11) is 1.81. The van der Waals surface area contributed by atoms with E-state index in [1.807, 2.05) is 6.07 Å². The van der Waals surface area contributed by atoms with Crippen LogP contribution in [0.2, 0.25) is 0 Å². The van der Waals surface area contributed by atoms with Crippen molar-refractivity contribution in [1.29, 1.82) is 0 Å². The summed E-state index contributed by atoms with van der Waals surface area (Å²) in [5.74, 6) is 1.25. The van der Waals surface area contributed by atoms with Gasteiger partial charge in [0.05, 0.1) is 19.1 Å². The maximum Gasteiger partial charge on any atom is 0.224 e. The molecule has 0 N–H and O–H groups in total. The molecule has 1 aliphatic rings. The van der Waals surface area contributed by atoms with Crippen molar-refractivity contribution in [2.75, 3.05) is 33.3 Å². The Morgan fingerprint density at radius 3 is 2.88 bits per heavy atom. The molecule has 1 aliphatic heterocycles. The van der Waals surface area contributed by atoms with E-state index in [1.54, 1.807) is 18.9 Å². The van der Waals surface area contributed by atoms with Crippen LogP contribution >= 0.6 is 0 Å². The minimum absolute atomic E-state index is 0.0603. The molecule has 1 saturated heterocycles. The molecule has 0 aliphatic carbocycles. The smallest absolute Gasteiger partial charge is 0.224 e. The van der Waals surface area contributed by atoms with Crippen molar-refractivity contribution in [3.63, 3.8) is 0 Å². The SMILES string of the molecule is Cc1nc(CCN(C)C(=O)CC2CN(Cc3ccccc3)CCO2)no1. The lowest BCUT2D eigenvalue weighted by molar-refractivity contribution is -0.135. The maximum absolute atomic E-state index is 12.5. The van der Waals surface area contributed by atoms with Crippen molar-refractivity contribution in [2.24, 2.45) is 0 Å². The zero-order valence-corrected chi connectivity index (χ0v) is 15.4. The van der Waals surface area contributed by atoms with Crippen molar-refractivity contribution in [3.05, 3.63) is 47.6 Å². The summed E-state index contributed by atoms with van der Waals surface area (Å²) in [5, 5.41) is 3.86. The zero-order valence-electron chi connectivity index (χ0n) is 15.4. The Morgan fingerprint density at radius 1 is 1.35 bits per heavy atom. The zero-order chi connectivity index (χ0) is 18.4. The van der Waals surface area contributed by atoms with E-state index < -0.39 is 0 Å². The van der Waals surface area contributed by atoms with Gasteiger partial charge in [0.25, 0.3) is 0 Å². The molecule has 1 atom stereocenters. The fraction of sp³-hybridized carbons (Fsp3) is 0.526. The number of carbonyl (C=O) groups excluding carboxylic acids is 1. The third-order valence-electron chi connectivity index (χ3n) is 4.54. The summed E-state index contributed by atoms with van der Waals surface area (Å²) < 4.78 is 10.8. The van der Waals surface area contributed by atoms with E-state index in [0.29, 0.717) is 37.7 Å². The summed E-state index contributed by atoms with van der Waals surface area (Å²) in [6, 6.07) is 10.4. The number of aryl methyl sites for hydroxylation is 1. The molecule has 2 aromatic rings. The van der Waals surface area contributed by atoms with E-state index in [-0.39, 0.29) is 12.0 Å². The lowest BCUT2D eigenvalue weighted by Gasteiger charge is -2.33. The van der Waals surface area contributed by atoms with E-state index in [4.69, 9.17) is 9.26 Å². The van der Waals surface area contributed by atoms with Crippen LogP contribution in [0, 0.1) is 6.92 Å². The van der Waals surface area contributed by atoms with E-state index >= 15 is 0 Å². The van der Waals surface area contributed by atoms with Crippen LogP contribution in [-0.2, 0) is 22.5 Å². The Kier molecular flexibility index (Phi) is 6.35. The van der Waals surface area contributed by atoms with Crippen molar-refractivity contribution >= 4 is 5.91 Å². The molecule has 1 unspecified atom stereocenters. The van der Waals surface area contributed by atoms with Gasteiger partial charge >= 0.3 is 0 Å². The lowest BCUT2D eigenvalue weighted by Crippen LogP contribution is -2.44. The number of rotatable bonds is 7. The number of aromatic nitrogens is 2. The van der Waals surface area contributed by atoms with Gasteiger partial charge in [-0.3, -0.25) is 9.69 Å². The number of ether oxygens (including phenoxy) is 1. The molecular formula is C19H26N4O3. The van der Waals surface area contributed by atoms with Crippen LogP contribution in [0.5, 0.6) is 0 Å². The molecule has 1 aromatic carbocycles. The van der Waals surface area contributed by atoms with Crippen molar-refractivity contribution in [1.82, 2.24) is 19.9 Å². The number of amides is 1. The standard InChI is InChI=1S/C19H26N4O3/c1-15-20-18(21-26-15)8-9-22(2)19(24)12-17-14-23(10-11-25-17)13-16-6-4-3-5-7-16/h3-7,17H,8-14H2,1-2H3. The molecule has 7 heteroatoms. The lowest BCUT2D eigenvalue weighted by atomic mass is 10.1. The average molecular weight is 358 g/mol. The molecule has 7 nitrogen and oxygen atoms in total. The Morgan fingerprint density at radius 2 is 2.15 bits per heavy atom. The van der Waals surface area contributed by atoms with Crippen LogP contribution in [0.1, 0.15) is 23.7 Å². The summed E-state index contributed by atoms with van der Waals surface area (Å²) in [5.41, 5.74) is 1.28. The van der Waals surface area contributed by atoms with Gasteiger partial charge in [-0.2, -0.15) is 4.98 Å². The number of hydrogen-bond donors (Lipinski definition) is 0. The molecular weight excluding hydrogens is 332 g/mol. The van der Waals surface area contributed by atoms with Crippen LogP contribution in [0.3, 0.4) is 0 Å². The molecule has 2 heterocycles. The highest BCUT2D eigenvalue weighted by Crippen LogP contribution is 2.13. The van der Waals surface area contributed by atoms with Gasteiger partial charge in [-0.05, 0) is 5.56 Å². The second kappa shape index (κ2) is 8.91. The van der Waals surface area contributed by atoms with Crippen LogP contribution in [0.25, 0.3) is 0 Å². The first-order valence-electron chi connectivity index (χ1n) is 9.01. The number of benzene rings is 1. The minimum atomic E-state index is -0.0603. The normalized spacial score (nSPS) is 18.0. The first-order chi connectivity index (χ1) is 12.6. The molecule has 0 radical (unpaired) electrons. The highest BCUT2D eigenvalue weighted by atomic mass is 16.5. The van der Waals surface area contributed by atoms with Gasteiger partial charge in [0, 0.05) is 46.6 Å². The third kappa shape index (κ3) is 5.37. The fourth-order valence-corrected chi connectivity index (χ4v) is 3.08. The predicted octanol–water partition coefficient (Wildman–Crippen LogP) is 1.67. The van der Waals surface area contributed by atoms with Crippen LogP contribution in [0.4, 0.5) is 0 Å². The minimum Gasteiger partial charge on any atom is -0.375 e. The molecule has 1 amide bonds. The highest BCUT2D eigenvalue weighted by Gasteiger charge is 2.24. The Balaban J connectivity index is 1.44. The summed E-state index contributed by atoms with van der Waals surface area (Å²) >= 11 is 0. The molecule has 26 heavy (non-hydrogen) atoms. The highest BCUT2D eigenvalue weighted by molar-refractivity contribution is 5.76. The van der Waals surface area contributed by atoms with Crippen molar-refractivity contribution in [3.8, 4) is 0 Å². The van der Waals surface area contributed by atoms with Crippen LogP contribution < -0.4 is 0 Å². The second-order valence-corrected chi connectivity index (χ2v) is 6.71. The van der Waals surface area contributed by atoms with Crippen molar-refractivity contribution < 1.29 is 14.1 Å². The average Bonchev–Trinajstić information content (AvgIpc) is 3.06. The quantitative estimate of drug-likeness (QED) is 0.750. The molecule has 0 saturated carbocycles. The molecule has 3 rings (SSSR count). The Bertz CT molecular complexity index is 704. The van der Waals surface area contributed by atoms with Crippen molar-refractivity contribution in [2.45, 2.75) is 32.4 Å². The molecule has 0 spiro atoms. The molecule has 1 aromatic heterocycles. The second-order valence-electron chi connectivity index (χ2n) is 6.71. The van der Waals surface area contributed by atoms with Gasteiger partial charge < -0.3 is 14.2 Å². The van der Waals surface area contributed by atoms with Gasteiger partial charge in [-0.25, -0.2) is 0 Å². The number of hydrogen-bond acceptors (Lipinski definition) is 6. The van der Waals surface area contributed by atoms with Gasteiger partial charge in [0.2, 0.25) is 11.8 Å². The van der Waals surface area contributed by atoms with E-state index in [0.717, 1.165) is 19.6 Å². The first-order valence-corrected chi connectivity index (χ1v) is 9.01. The van der Waals surface area contributed by atoms with Crippen LogP contribution in [-0.4, -0.2) is 65.2 Å². The Labute approximate surface area is 153 Å². The summed E-state index contributed by atoms with van der Waals surface area (Å²) in [4.78, 5) is 20.7. The maximum atomic E-state index is 12.5. The Hall–Kier alpha value is -2.25. The van der Waals surface area contributed by atoms with Gasteiger partial charge in [-0.1, -0.05) is 35.5 Å². The van der Waals surface area contributed by atoms with E-state index in [9.17, 15) is 4.79 Å². The molecule has 140 valence electrons. The van der Waals surface area contributed by atoms with Gasteiger partial charge in [0.15, 0.2) is 5.82 Å². The number of likely N-dealkylation sites (N-methyl/N-ethyl adjacent to an activating group) is 1. The third-order valence-corrected chi connectivity index (χ3v) is 4.54. The summed E-state index contributed by atoms with van der Waals surface area (Å²) in [6.45, 7) is 5.55. The van der Waals surface area contributed by atoms with Crippen LogP contribution in [0.15, 0.2) is 34.9 Å². The fourth-order valence-electron chi connectivity index (χ4n) is 3.08. The monoisotopic (exact) mass is 358 g/mol. The van der Waals surface area contributed by atoms with Gasteiger partial charge in [0.1, 0.15) is 0 Å². The largest absolute Gasteiger partial charge is 0.375 e. The van der Waals surface area contributed by atoms with Gasteiger partial charge in [-0.15, -0.1) is 0 Å². The summed E-state index contributed by atoms with van der Waals surface area (Å²) in [6.07, 6.45) is 0.924. The number of carbonyl (C=O) groups is 1.